The second-order valence-corrected chi connectivity index (χ2v) is 5.31. The summed E-state index contributed by atoms with van der Waals surface area (Å²) in [7, 11) is 0. The maximum absolute atomic E-state index is 13.0. The van der Waals surface area contributed by atoms with Crippen LogP contribution in [0.1, 0.15) is 10.4 Å². The van der Waals surface area contributed by atoms with Crippen LogP contribution >= 0.6 is 12.6 Å². The first kappa shape index (κ1) is 14.4. The molecule has 0 spiro atoms. The molecule has 3 heteroatoms. The zero-order chi connectivity index (χ0) is 15.4. The molecule has 0 saturated heterocycles. The first-order valence-electron chi connectivity index (χ1n) is 7.00. The van der Waals surface area contributed by atoms with E-state index in [0.29, 0.717) is 10.5 Å². The van der Waals surface area contributed by atoms with Crippen LogP contribution in [0.3, 0.4) is 0 Å². The molecule has 0 N–H and O–H groups in total. The molecule has 3 rings (SSSR count). The molecule has 0 fully saturated rings. The number of anilines is 2. The van der Waals surface area contributed by atoms with E-state index in [-0.39, 0.29) is 5.91 Å². The summed E-state index contributed by atoms with van der Waals surface area (Å²) in [4.78, 5) is 15.4. The van der Waals surface area contributed by atoms with Gasteiger partial charge >= 0.3 is 0 Å². The van der Waals surface area contributed by atoms with Gasteiger partial charge in [-0.05, 0) is 36.4 Å². The van der Waals surface area contributed by atoms with Gasteiger partial charge in [-0.1, -0.05) is 48.5 Å². The lowest BCUT2D eigenvalue weighted by Gasteiger charge is -2.23. The monoisotopic (exact) mass is 305 g/mol. The molecule has 0 unspecified atom stereocenters. The second kappa shape index (κ2) is 6.50. The number of carbonyl (C=O) groups excluding carboxylic acids is 1. The Morgan fingerprint density at radius 3 is 1.64 bits per heavy atom. The zero-order valence-electron chi connectivity index (χ0n) is 11.9. The van der Waals surface area contributed by atoms with Crippen molar-refractivity contribution in [1.29, 1.82) is 0 Å². The van der Waals surface area contributed by atoms with E-state index in [1.165, 1.54) is 0 Å². The molecule has 0 radical (unpaired) electrons. The first-order chi connectivity index (χ1) is 10.8. The third kappa shape index (κ3) is 2.90. The number of carbonyl (C=O) groups is 1. The molecule has 3 aromatic carbocycles. The summed E-state index contributed by atoms with van der Waals surface area (Å²) in [6.45, 7) is 0. The van der Waals surface area contributed by atoms with Crippen molar-refractivity contribution in [3.05, 3.63) is 90.5 Å². The molecule has 1 amide bonds. The molecule has 0 aliphatic heterocycles. The van der Waals surface area contributed by atoms with Gasteiger partial charge in [-0.2, -0.15) is 0 Å². The highest BCUT2D eigenvalue weighted by atomic mass is 32.1. The summed E-state index contributed by atoms with van der Waals surface area (Å²) >= 11 is 4.41. The van der Waals surface area contributed by atoms with Gasteiger partial charge in [0.05, 0.1) is 5.56 Å². The van der Waals surface area contributed by atoms with E-state index in [1.807, 2.05) is 78.9 Å². The highest BCUT2D eigenvalue weighted by Crippen LogP contribution is 2.28. The average Bonchev–Trinajstić information content (AvgIpc) is 2.57. The standard InChI is InChI=1S/C19H15NOS/c21-19(17-13-7-8-14-18(17)22)20(15-9-3-1-4-10-15)16-11-5-2-6-12-16/h1-14,22H. The third-order valence-corrected chi connectivity index (χ3v) is 3.76. The van der Waals surface area contributed by atoms with Crippen LogP contribution < -0.4 is 4.90 Å². The van der Waals surface area contributed by atoms with Crippen molar-refractivity contribution in [2.75, 3.05) is 4.90 Å². The molecule has 2 nitrogen and oxygen atoms in total. The quantitative estimate of drug-likeness (QED) is 0.679. The number of nitrogens with zero attached hydrogens (tertiary/aromatic N) is 1. The Hall–Kier alpha value is -2.52. The van der Waals surface area contributed by atoms with E-state index in [0.717, 1.165) is 11.4 Å². The minimum Gasteiger partial charge on any atom is -0.277 e. The molecule has 0 bridgehead atoms. The van der Waals surface area contributed by atoms with E-state index < -0.39 is 0 Å². The first-order valence-corrected chi connectivity index (χ1v) is 7.44. The summed E-state index contributed by atoms with van der Waals surface area (Å²) < 4.78 is 0. The van der Waals surface area contributed by atoms with Crippen molar-refractivity contribution < 1.29 is 4.79 Å². The molecule has 0 aliphatic carbocycles. The molecule has 0 saturated carbocycles. The predicted octanol–water partition coefficient (Wildman–Crippen LogP) is 4.95. The summed E-state index contributed by atoms with van der Waals surface area (Å²) in [6, 6.07) is 26.6. The Kier molecular flexibility index (Phi) is 4.26. The van der Waals surface area contributed by atoms with Gasteiger partial charge in [0.2, 0.25) is 0 Å². The molecule has 0 aliphatic rings. The molecule has 3 aromatic rings. The van der Waals surface area contributed by atoms with Crippen LogP contribution in [0.15, 0.2) is 89.8 Å². The van der Waals surface area contributed by atoms with Gasteiger partial charge < -0.3 is 0 Å². The lowest BCUT2D eigenvalue weighted by molar-refractivity contribution is 0.0996. The molecule has 0 heterocycles. The Labute approximate surface area is 135 Å². The van der Waals surface area contributed by atoms with E-state index in [4.69, 9.17) is 0 Å². The normalized spacial score (nSPS) is 10.2. The molecule has 0 atom stereocenters. The summed E-state index contributed by atoms with van der Waals surface area (Å²) in [5.41, 5.74) is 2.24. The molecular weight excluding hydrogens is 290 g/mol. The van der Waals surface area contributed by atoms with E-state index in [2.05, 4.69) is 12.6 Å². The maximum Gasteiger partial charge on any atom is 0.263 e. The summed E-state index contributed by atoms with van der Waals surface area (Å²) in [6.07, 6.45) is 0. The van der Waals surface area contributed by atoms with Crippen molar-refractivity contribution in [2.24, 2.45) is 0 Å². The Morgan fingerprint density at radius 2 is 1.14 bits per heavy atom. The zero-order valence-corrected chi connectivity index (χ0v) is 12.8. The van der Waals surface area contributed by atoms with Crippen LogP contribution in [0.25, 0.3) is 0 Å². The lowest BCUT2D eigenvalue weighted by atomic mass is 10.1. The molecule has 108 valence electrons. The van der Waals surface area contributed by atoms with Crippen LogP contribution in [-0.4, -0.2) is 5.91 Å². The molecular formula is C19H15NOS. The number of rotatable bonds is 3. The number of hydrogen-bond acceptors (Lipinski definition) is 2. The van der Waals surface area contributed by atoms with Crippen LogP contribution in [0.2, 0.25) is 0 Å². The van der Waals surface area contributed by atoms with Crippen molar-refractivity contribution in [1.82, 2.24) is 0 Å². The number of benzene rings is 3. The van der Waals surface area contributed by atoms with Gasteiger partial charge in [0.25, 0.3) is 5.91 Å². The number of amides is 1. The minimum atomic E-state index is -0.0944. The predicted molar refractivity (Wildman–Crippen MR) is 93.0 cm³/mol. The van der Waals surface area contributed by atoms with Gasteiger partial charge in [-0.25, -0.2) is 0 Å². The Morgan fingerprint density at radius 1 is 0.682 bits per heavy atom. The van der Waals surface area contributed by atoms with E-state index >= 15 is 0 Å². The van der Waals surface area contributed by atoms with Crippen LogP contribution in [0, 0.1) is 0 Å². The fourth-order valence-corrected chi connectivity index (χ4v) is 2.57. The van der Waals surface area contributed by atoms with Gasteiger partial charge in [0.15, 0.2) is 0 Å². The third-order valence-electron chi connectivity index (χ3n) is 3.37. The van der Waals surface area contributed by atoms with E-state index in [1.54, 1.807) is 11.0 Å². The lowest BCUT2D eigenvalue weighted by Crippen LogP contribution is -2.26. The number of para-hydroxylation sites is 2. The van der Waals surface area contributed by atoms with Gasteiger partial charge in [-0.3, -0.25) is 9.69 Å². The van der Waals surface area contributed by atoms with Gasteiger partial charge in [0.1, 0.15) is 0 Å². The maximum atomic E-state index is 13.0. The number of hydrogen-bond donors (Lipinski definition) is 1. The van der Waals surface area contributed by atoms with Gasteiger partial charge in [-0.15, -0.1) is 12.6 Å². The summed E-state index contributed by atoms with van der Waals surface area (Å²) in [5.74, 6) is -0.0944. The Balaban J connectivity index is 2.11. The average molecular weight is 305 g/mol. The summed E-state index contributed by atoms with van der Waals surface area (Å²) in [5, 5.41) is 0. The largest absolute Gasteiger partial charge is 0.277 e. The van der Waals surface area contributed by atoms with Crippen molar-refractivity contribution >= 4 is 29.9 Å². The Bertz CT molecular complexity index is 732. The second-order valence-electron chi connectivity index (χ2n) is 4.83. The number of thiol groups is 1. The highest BCUT2D eigenvalue weighted by Gasteiger charge is 2.20. The van der Waals surface area contributed by atoms with E-state index in [9.17, 15) is 4.79 Å². The molecule has 22 heavy (non-hydrogen) atoms. The molecule has 0 aromatic heterocycles. The van der Waals surface area contributed by atoms with Crippen molar-refractivity contribution in [2.45, 2.75) is 4.90 Å². The topological polar surface area (TPSA) is 20.3 Å². The van der Waals surface area contributed by atoms with Crippen molar-refractivity contribution in [3.63, 3.8) is 0 Å². The van der Waals surface area contributed by atoms with Crippen molar-refractivity contribution in [3.8, 4) is 0 Å². The smallest absolute Gasteiger partial charge is 0.263 e. The van der Waals surface area contributed by atoms with Crippen LogP contribution in [0.4, 0.5) is 11.4 Å². The minimum absolute atomic E-state index is 0.0944. The fourth-order valence-electron chi connectivity index (χ4n) is 2.31. The fraction of sp³-hybridized carbons (Fsp3) is 0. The highest BCUT2D eigenvalue weighted by molar-refractivity contribution is 7.80. The SMILES string of the molecule is O=C(c1ccccc1S)N(c1ccccc1)c1ccccc1. The van der Waals surface area contributed by atoms with Gasteiger partial charge in [0, 0.05) is 16.3 Å². The van der Waals surface area contributed by atoms with Crippen LogP contribution in [-0.2, 0) is 0 Å². The van der Waals surface area contributed by atoms with Crippen LogP contribution in [0.5, 0.6) is 0 Å².